The van der Waals surface area contributed by atoms with E-state index in [0.717, 1.165) is 11.3 Å². The van der Waals surface area contributed by atoms with Gasteiger partial charge in [-0.15, -0.1) is 0 Å². The molecule has 3 rings (SSSR count). The van der Waals surface area contributed by atoms with E-state index in [-0.39, 0.29) is 5.91 Å². The number of amides is 1. The van der Waals surface area contributed by atoms with Gasteiger partial charge < -0.3 is 10.4 Å². The Kier molecular flexibility index (Phi) is 6.10. The molecule has 2 unspecified atom stereocenters. The molecule has 8 heteroatoms. The van der Waals surface area contributed by atoms with Crippen molar-refractivity contribution >= 4 is 40.8 Å². The van der Waals surface area contributed by atoms with Crippen LogP contribution in [0.4, 0.5) is 5.69 Å². The monoisotopic (exact) mass is 421 g/mol. The van der Waals surface area contributed by atoms with Crippen LogP contribution in [0.3, 0.4) is 0 Å². The first kappa shape index (κ1) is 20.4. The third kappa shape index (κ3) is 4.08. The van der Waals surface area contributed by atoms with Crippen LogP contribution in [0.1, 0.15) is 29.8 Å². The first-order valence-corrected chi connectivity index (χ1v) is 9.70. The number of anilines is 1. The number of nitrogens with one attached hydrogen (secondary N) is 1. The van der Waals surface area contributed by atoms with Gasteiger partial charge in [0.05, 0.1) is 35.5 Å². The number of carboxylic acids is 1. The predicted molar refractivity (Wildman–Crippen MR) is 109 cm³/mol. The molecule has 0 saturated heterocycles. The first-order chi connectivity index (χ1) is 13.3. The number of carboxylic acid groups (broad SMARTS) is 1. The van der Waals surface area contributed by atoms with Crippen LogP contribution in [0, 0.1) is 25.7 Å². The lowest BCUT2D eigenvalue weighted by Crippen LogP contribution is -2.35. The van der Waals surface area contributed by atoms with Crippen molar-refractivity contribution in [1.82, 2.24) is 9.78 Å². The van der Waals surface area contributed by atoms with Gasteiger partial charge in [0.1, 0.15) is 0 Å². The molecule has 0 fully saturated rings. The molecule has 6 nitrogen and oxygen atoms in total. The van der Waals surface area contributed by atoms with Crippen molar-refractivity contribution in [3.8, 4) is 0 Å². The molecule has 1 aliphatic rings. The molecule has 0 saturated carbocycles. The molecule has 0 radical (unpaired) electrons. The van der Waals surface area contributed by atoms with Crippen LogP contribution < -0.4 is 5.32 Å². The Hall–Kier alpha value is -2.31. The molecular weight excluding hydrogens is 401 g/mol. The SMILES string of the molecule is Cc1nn(Cc2c(Cl)cccc2Cl)c(C)c1NC(=O)C1CC=CCC1C(=O)O. The molecule has 1 amide bonds. The minimum atomic E-state index is -0.956. The van der Waals surface area contributed by atoms with E-state index in [9.17, 15) is 14.7 Å². The van der Waals surface area contributed by atoms with Gasteiger partial charge in [-0.25, -0.2) is 0 Å². The minimum absolute atomic E-state index is 0.307. The number of aryl methyl sites for hydroxylation is 1. The lowest BCUT2D eigenvalue weighted by Gasteiger charge is -2.24. The Labute approximate surface area is 173 Å². The highest BCUT2D eigenvalue weighted by Gasteiger charge is 2.34. The smallest absolute Gasteiger partial charge is 0.307 e. The number of hydrogen-bond acceptors (Lipinski definition) is 3. The molecule has 0 spiro atoms. The third-order valence-electron chi connectivity index (χ3n) is 5.09. The van der Waals surface area contributed by atoms with E-state index in [1.54, 1.807) is 29.8 Å². The number of benzene rings is 1. The third-order valence-corrected chi connectivity index (χ3v) is 5.79. The zero-order chi connectivity index (χ0) is 20.4. The highest BCUT2D eigenvalue weighted by Crippen LogP contribution is 2.30. The largest absolute Gasteiger partial charge is 0.481 e. The molecule has 0 aliphatic heterocycles. The molecule has 1 aromatic heterocycles. The Morgan fingerprint density at radius 1 is 1.18 bits per heavy atom. The first-order valence-electron chi connectivity index (χ1n) is 8.95. The summed E-state index contributed by atoms with van der Waals surface area (Å²) in [5, 5.41) is 17.9. The van der Waals surface area contributed by atoms with Crippen LogP contribution in [0.15, 0.2) is 30.4 Å². The van der Waals surface area contributed by atoms with Gasteiger partial charge >= 0.3 is 5.97 Å². The Morgan fingerprint density at radius 2 is 1.79 bits per heavy atom. The van der Waals surface area contributed by atoms with E-state index in [1.165, 1.54) is 0 Å². The summed E-state index contributed by atoms with van der Waals surface area (Å²) in [6, 6.07) is 5.30. The molecule has 0 bridgehead atoms. The molecule has 2 N–H and O–H groups in total. The highest BCUT2D eigenvalue weighted by atomic mass is 35.5. The van der Waals surface area contributed by atoms with Crippen LogP contribution in [0.5, 0.6) is 0 Å². The molecule has 1 aliphatic carbocycles. The number of aromatic nitrogens is 2. The molecule has 148 valence electrons. The number of carbonyl (C=O) groups excluding carboxylic acids is 1. The van der Waals surface area contributed by atoms with Crippen LogP contribution in [-0.4, -0.2) is 26.8 Å². The fourth-order valence-corrected chi connectivity index (χ4v) is 3.97. The van der Waals surface area contributed by atoms with Crippen molar-refractivity contribution in [3.63, 3.8) is 0 Å². The average molecular weight is 422 g/mol. The summed E-state index contributed by atoms with van der Waals surface area (Å²) in [5.41, 5.74) is 2.73. The summed E-state index contributed by atoms with van der Waals surface area (Å²) in [6.07, 6.45) is 4.43. The number of nitrogens with zero attached hydrogens (tertiary/aromatic N) is 2. The number of hydrogen-bond donors (Lipinski definition) is 2. The fraction of sp³-hybridized carbons (Fsp3) is 0.350. The topological polar surface area (TPSA) is 84.2 Å². The van der Waals surface area contributed by atoms with E-state index in [1.807, 2.05) is 19.1 Å². The van der Waals surface area contributed by atoms with Gasteiger partial charge in [-0.05, 0) is 38.8 Å². The van der Waals surface area contributed by atoms with Crippen molar-refractivity contribution in [2.45, 2.75) is 33.2 Å². The Balaban J connectivity index is 1.83. The highest BCUT2D eigenvalue weighted by molar-refractivity contribution is 6.35. The predicted octanol–water partition coefficient (Wildman–Crippen LogP) is 4.46. The second-order valence-electron chi connectivity index (χ2n) is 6.89. The van der Waals surface area contributed by atoms with Gasteiger partial charge in [0.2, 0.25) is 5.91 Å². The lowest BCUT2D eigenvalue weighted by molar-refractivity contribution is -0.146. The van der Waals surface area contributed by atoms with Crippen LogP contribution in [0.25, 0.3) is 0 Å². The molecule has 1 aromatic carbocycles. The summed E-state index contributed by atoms with van der Waals surface area (Å²) >= 11 is 12.5. The second kappa shape index (κ2) is 8.37. The Morgan fingerprint density at radius 3 is 2.39 bits per heavy atom. The van der Waals surface area contributed by atoms with Gasteiger partial charge in [0.25, 0.3) is 0 Å². The summed E-state index contributed by atoms with van der Waals surface area (Å²) in [4.78, 5) is 24.2. The number of aliphatic carboxylic acids is 1. The molecule has 2 aromatic rings. The number of carbonyl (C=O) groups is 2. The average Bonchev–Trinajstić information content (AvgIpc) is 2.92. The van der Waals surface area contributed by atoms with E-state index in [2.05, 4.69) is 10.4 Å². The van der Waals surface area contributed by atoms with Crippen molar-refractivity contribution in [1.29, 1.82) is 0 Å². The molecule has 28 heavy (non-hydrogen) atoms. The summed E-state index contributed by atoms with van der Waals surface area (Å²) in [6.45, 7) is 4.00. The van der Waals surface area contributed by atoms with E-state index in [0.29, 0.717) is 40.8 Å². The maximum atomic E-state index is 12.8. The van der Waals surface area contributed by atoms with Crippen molar-refractivity contribution < 1.29 is 14.7 Å². The Bertz CT molecular complexity index is 932. The van der Waals surface area contributed by atoms with Crippen molar-refractivity contribution in [2.75, 3.05) is 5.32 Å². The van der Waals surface area contributed by atoms with Crippen LogP contribution in [0.2, 0.25) is 10.0 Å². The normalized spacial score (nSPS) is 18.9. The maximum absolute atomic E-state index is 12.8. The fourth-order valence-electron chi connectivity index (χ4n) is 3.46. The number of halogens is 2. The van der Waals surface area contributed by atoms with Gasteiger partial charge in [-0.3, -0.25) is 14.3 Å². The van der Waals surface area contributed by atoms with Gasteiger partial charge in [0.15, 0.2) is 0 Å². The zero-order valence-electron chi connectivity index (χ0n) is 15.6. The molecule has 1 heterocycles. The summed E-state index contributed by atoms with van der Waals surface area (Å²) < 4.78 is 1.73. The van der Waals surface area contributed by atoms with Crippen LogP contribution >= 0.6 is 23.2 Å². The van der Waals surface area contributed by atoms with Gasteiger partial charge in [-0.1, -0.05) is 41.4 Å². The maximum Gasteiger partial charge on any atom is 0.307 e. The quantitative estimate of drug-likeness (QED) is 0.697. The van der Waals surface area contributed by atoms with E-state index in [4.69, 9.17) is 23.2 Å². The van der Waals surface area contributed by atoms with Crippen molar-refractivity contribution in [2.24, 2.45) is 11.8 Å². The second-order valence-corrected chi connectivity index (χ2v) is 7.70. The summed E-state index contributed by atoms with van der Waals surface area (Å²) in [7, 11) is 0. The summed E-state index contributed by atoms with van der Waals surface area (Å²) in [5.74, 6) is -2.59. The number of rotatable bonds is 5. The zero-order valence-corrected chi connectivity index (χ0v) is 17.1. The van der Waals surface area contributed by atoms with Crippen molar-refractivity contribution in [3.05, 3.63) is 57.3 Å². The van der Waals surface area contributed by atoms with E-state index < -0.39 is 17.8 Å². The van der Waals surface area contributed by atoms with Gasteiger partial charge in [0, 0.05) is 15.6 Å². The van der Waals surface area contributed by atoms with Gasteiger partial charge in [-0.2, -0.15) is 5.10 Å². The number of allylic oxidation sites excluding steroid dienone is 2. The standard InChI is InChI=1S/C20H21Cl2N3O3/c1-11-18(23-19(26)13-6-3-4-7-14(13)20(27)28)12(2)25(24-11)10-15-16(21)8-5-9-17(15)22/h3-5,8-9,13-14H,6-7,10H2,1-2H3,(H,23,26)(H,27,28). The lowest BCUT2D eigenvalue weighted by atomic mass is 9.82. The van der Waals surface area contributed by atoms with Crippen LogP contribution in [-0.2, 0) is 16.1 Å². The minimum Gasteiger partial charge on any atom is -0.481 e. The van der Waals surface area contributed by atoms with E-state index >= 15 is 0 Å². The molecule has 2 atom stereocenters. The molecular formula is C20H21Cl2N3O3.